The zero-order valence-corrected chi connectivity index (χ0v) is 12.2. The Morgan fingerprint density at radius 2 is 2.17 bits per heavy atom. The quantitative estimate of drug-likeness (QED) is 0.904. The number of hydrogen-bond donors (Lipinski definition) is 1. The lowest BCUT2D eigenvalue weighted by Crippen LogP contribution is -2.55. The molecule has 1 N–H and O–H groups in total. The first-order valence-electron chi connectivity index (χ1n) is 6.47. The van der Waals surface area contributed by atoms with Crippen LogP contribution in [0, 0.1) is 6.92 Å². The molecule has 0 saturated carbocycles. The van der Waals surface area contributed by atoms with E-state index in [1.165, 1.54) is 5.69 Å². The molecule has 0 spiro atoms. The second-order valence-electron chi connectivity index (χ2n) is 5.10. The number of aryl methyl sites for hydroxylation is 1. The van der Waals surface area contributed by atoms with E-state index in [-0.39, 0.29) is 0 Å². The molecule has 1 aliphatic rings. The fraction of sp³-hybridized carbons (Fsp3) is 0.571. The Kier molecular flexibility index (Phi) is 4.49. The maximum Gasteiger partial charge on any atom is 0.0541 e. The minimum atomic E-state index is 0.507. The smallest absolute Gasteiger partial charge is 0.0541 e. The van der Waals surface area contributed by atoms with E-state index in [1.807, 2.05) is 14.0 Å². The largest absolute Gasteiger partial charge is 0.365 e. The summed E-state index contributed by atoms with van der Waals surface area (Å²) in [6, 6.07) is 6.87. The highest BCUT2D eigenvalue weighted by Crippen LogP contribution is 2.25. The van der Waals surface area contributed by atoms with Crippen LogP contribution in [0.5, 0.6) is 0 Å². The molecule has 1 unspecified atom stereocenters. The summed E-state index contributed by atoms with van der Waals surface area (Å²) in [5.74, 6) is 0. The van der Waals surface area contributed by atoms with Gasteiger partial charge < -0.3 is 15.1 Å². The van der Waals surface area contributed by atoms with Gasteiger partial charge in [0.2, 0.25) is 0 Å². The van der Waals surface area contributed by atoms with Gasteiger partial charge in [0.1, 0.15) is 0 Å². The fourth-order valence-corrected chi connectivity index (χ4v) is 2.70. The second kappa shape index (κ2) is 5.91. The minimum absolute atomic E-state index is 0.507. The average Bonchev–Trinajstić information content (AvgIpc) is 2.34. The van der Waals surface area contributed by atoms with Gasteiger partial charge in [0.05, 0.1) is 6.04 Å². The van der Waals surface area contributed by atoms with Crippen molar-refractivity contribution in [1.82, 2.24) is 10.2 Å². The van der Waals surface area contributed by atoms with E-state index < -0.39 is 0 Å². The van der Waals surface area contributed by atoms with E-state index in [0.717, 1.165) is 36.8 Å². The number of hydrogen-bond acceptors (Lipinski definition) is 3. The van der Waals surface area contributed by atoms with Crippen molar-refractivity contribution in [2.75, 3.05) is 45.2 Å². The van der Waals surface area contributed by atoms with Crippen LogP contribution >= 0.6 is 11.6 Å². The summed E-state index contributed by atoms with van der Waals surface area (Å²) < 4.78 is 0. The molecular formula is C14H22ClN3. The lowest BCUT2D eigenvalue weighted by Gasteiger charge is -2.41. The molecule has 1 aromatic rings. The summed E-state index contributed by atoms with van der Waals surface area (Å²) in [6.07, 6.45) is 0. The van der Waals surface area contributed by atoms with Crippen LogP contribution in [-0.4, -0.2) is 51.2 Å². The van der Waals surface area contributed by atoms with Gasteiger partial charge in [-0.2, -0.15) is 0 Å². The van der Waals surface area contributed by atoms with E-state index in [9.17, 15) is 0 Å². The Hall–Kier alpha value is -0.770. The zero-order chi connectivity index (χ0) is 13.1. The van der Waals surface area contributed by atoms with Crippen molar-refractivity contribution in [1.29, 1.82) is 0 Å². The maximum absolute atomic E-state index is 6.23. The molecule has 1 aliphatic heterocycles. The van der Waals surface area contributed by atoms with E-state index in [1.54, 1.807) is 0 Å². The van der Waals surface area contributed by atoms with Crippen molar-refractivity contribution >= 4 is 17.3 Å². The lowest BCUT2D eigenvalue weighted by molar-refractivity contribution is 0.265. The Bertz CT molecular complexity index is 408. The normalized spacial score (nSPS) is 21.3. The number of rotatable bonds is 3. The Labute approximate surface area is 115 Å². The number of likely N-dealkylation sites (N-methyl/N-ethyl adjacent to an activating group) is 2. The summed E-state index contributed by atoms with van der Waals surface area (Å²) in [7, 11) is 4.19. The molecule has 1 saturated heterocycles. The molecule has 0 aromatic heterocycles. The fourth-order valence-electron chi connectivity index (χ4n) is 2.52. The predicted molar refractivity (Wildman–Crippen MR) is 78.7 cm³/mol. The molecule has 1 aromatic carbocycles. The molecule has 1 heterocycles. The number of halogens is 1. The van der Waals surface area contributed by atoms with Gasteiger partial charge in [0.15, 0.2) is 0 Å². The summed E-state index contributed by atoms with van der Waals surface area (Å²) in [6.45, 7) is 6.29. The average molecular weight is 268 g/mol. The molecule has 2 rings (SSSR count). The highest BCUT2D eigenvalue weighted by Gasteiger charge is 2.24. The molecular weight excluding hydrogens is 246 g/mol. The summed E-state index contributed by atoms with van der Waals surface area (Å²) in [5, 5.41) is 4.14. The van der Waals surface area contributed by atoms with Gasteiger partial charge in [0.25, 0.3) is 0 Å². The van der Waals surface area contributed by atoms with Crippen LogP contribution in [0.1, 0.15) is 5.56 Å². The van der Waals surface area contributed by atoms with Crippen molar-refractivity contribution < 1.29 is 0 Å². The summed E-state index contributed by atoms with van der Waals surface area (Å²) in [4.78, 5) is 4.84. The monoisotopic (exact) mass is 267 g/mol. The van der Waals surface area contributed by atoms with Crippen molar-refractivity contribution in [3.8, 4) is 0 Å². The molecule has 4 heteroatoms. The molecule has 0 amide bonds. The summed E-state index contributed by atoms with van der Waals surface area (Å²) in [5.41, 5.74) is 2.37. The second-order valence-corrected chi connectivity index (χ2v) is 5.51. The molecule has 1 fully saturated rings. The van der Waals surface area contributed by atoms with Gasteiger partial charge >= 0.3 is 0 Å². The van der Waals surface area contributed by atoms with Crippen molar-refractivity contribution in [2.45, 2.75) is 13.0 Å². The predicted octanol–water partition coefficient (Wildman–Crippen LogP) is 1.99. The first-order valence-corrected chi connectivity index (χ1v) is 6.85. The topological polar surface area (TPSA) is 18.5 Å². The first-order chi connectivity index (χ1) is 8.61. The van der Waals surface area contributed by atoms with Crippen LogP contribution in [0.25, 0.3) is 0 Å². The van der Waals surface area contributed by atoms with E-state index in [0.29, 0.717) is 6.04 Å². The Morgan fingerprint density at radius 1 is 1.39 bits per heavy atom. The molecule has 0 bridgehead atoms. The van der Waals surface area contributed by atoms with Gasteiger partial charge in [-0.1, -0.05) is 17.7 Å². The third kappa shape index (κ3) is 2.97. The zero-order valence-electron chi connectivity index (χ0n) is 11.4. The highest BCUT2D eigenvalue weighted by atomic mass is 35.5. The minimum Gasteiger partial charge on any atom is -0.365 e. The highest BCUT2D eigenvalue weighted by molar-refractivity contribution is 6.31. The number of anilines is 1. The van der Waals surface area contributed by atoms with Crippen LogP contribution in [0.3, 0.4) is 0 Å². The van der Waals surface area contributed by atoms with Gasteiger partial charge in [0, 0.05) is 36.9 Å². The van der Waals surface area contributed by atoms with E-state index in [4.69, 9.17) is 11.6 Å². The van der Waals surface area contributed by atoms with E-state index in [2.05, 4.69) is 40.4 Å². The Morgan fingerprint density at radius 3 is 2.83 bits per heavy atom. The number of piperazine rings is 1. The number of benzene rings is 1. The van der Waals surface area contributed by atoms with Crippen molar-refractivity contribution in [2.24, 2.45) is 0 Å². The van der Waals surface area contributed by atoms with Crippen LogP contribution in [0.2, 0.25) is 5.02 Å². The van der Waals surface area contributed by atoms with Crippen LogP contribution in [0.15, 0.2) is 18.2 Å². The summed E-state index contributed by atoms with van der Waals surface area (Å²) >= 11 is 6.23. The van der Waals surface area contributed by atoms with Crippen molar-refractivity contribution in [3.05, 3.63) is 28.8 Å². The van der Waals surface area contributed by atoms with Crippen LogP contribution in [-0.2, 0) is 0 Å². The van der Waals surface area contributed by atoms with Crippen molar-refractivity contribution in [3.63, 3.8) is 0 Å². The number of nitrogens with zero attached hydrogens (tertiary/aromatic N) is 2. The van der Waals surface area contributed by atoms with Crippen LogP contribution in [0.4, 0.5) is 5.69 Å². The third-order valence-electron chi connectivity index (χ3n) is 3.61. The van der Waals surface area contributed by atoms with Gasteiger partial charge in [-0.15, -0.1) is 0 Å². The third-order valence-corrected chi connectivity index (χ3v) is 4.02. The van der Waals surface area contributed by atoms with E-state index >= 15 is 0 Å². The molecule has 3 nitrogen and oxygen atoms in total. The SMILES string of the molecule is CNCC1CN(C)CCN1c1ccc(C)c(Cl)c1. The van der Waals surface area contributed by atoms with Gasteiger partial charge in [-0.25, -0.2) is 0 Å². The first kappa shape index (κ1) is 13.7. The molecule has 0 aliphatic carbocycles. The Balaban J connectivity index is 2.20. The lowest BCUT2D eigenvalue weighted by atomic mass is 10.1. The van der Waals surface area contributed by atoms with Crippen LogP contribution < -0.4 is 10.2 Å². The molecule has 18 heavy (non-hydrogen) atoms. The standard InChI is InChI=1S/C14H22ClN3/c1-11-4-5-12(8-14(11)15)18-7-6-17(3)10-13(18)9-16-2/h4-5,8,13,16H,6-7,9-10H2,1-3H3. The molecule has 100 valence electrons. The molecule has 1 atom stereocenters. The van der Waals surface area contributed by atoms with Gasteiger partial charge in [-0.05, 0) is 38.7 Å². The van der Waals surface area contributed by atoms with Gasteiger partial charge in [-0.3, -0.25) is 0 Å². The number of nitrogens with one attached hydrogen (secondary N) is 1. The molecule has 0 radical (unpaired) electrons. The maximum atomic E-state index is 6.23.